The van der Waals surface area contributed by atoms with Crippen molar-refractivity contribution in [3.05, 3.63) is 36.3 Å². The summed E-state index contributed by atoms with van der Waals surface area (Å²) in [5, 5.41) is 15.1. The third kappa shape index (κ3) is 9.07. The van der Waals surface area contributed by atoms with Crippen LogP contribution in [0.4, 0.5) is 0 Å². The number of nitrogens with one attached hydrogen (secondary N) is 2. The summed E-state index contributed by atoms with van der Waals surface area (Å²) in [6, 6.07) is 4.20. The van der Waals surface area contributed by atoms with Crippen LogP contribution in [0, 0.1) is 5.92 Å². The molecule has 0 aromatic carbocycles. The van der Waals surface area contributed by atoms with Crippen LogP contribution in [0.5, 0.6) is 0 Å². The average molecular weight is 502 g/mol. The molecule has 1 atom stereocenters. The van der Waals surface area contributed by atoms with Crippen LogP contribution in [0.2, 0.25) is 0 Å². The van der Waals surface area contributed by atoms with E-state index in [0.29, 0.717) is 12.6 Å². The molecule has 158 valence electrons. The lowest BCUT2D eigenvalue weighted by Gasteiger charge is -2.19. The van der Waals surface area contributed by atoms with Crippen molar-refractivity contribution in [2.24, 2.45) is 10.9 Å². The summed E-state index contributed by atoms with van der Waals surface area (Å²) in [6.07, 6.45) is 7.94. The fraction of sp³-hybridized carbons (Fsp3) is 0.650. The molecule has 0 aliphatic rings. The minimum absolute atomic E-state index is 0. The zero-order valence-electron chi connectivity index (χ0n) is 17.5. The summed E-state index contributed by atoms with van der Waals surface area (Å²) < 4.78 is 7.46. The Balaban J connectivity index is 0.00000392. The Hall–Kier alpha value is -1.58. The minimum atomic E-state index is 0. The third-order valence-electron chi connectivity index (χ3n) is 4.43. The van der Waals surface area contributed by atoms with Crippen molar-refractivity contribution in [1.82, 2.24) is 25.4 Å². The van der Waals surface area contributed by atoms with E-state index in [1.807, 2.05) is 12.1 Å². The van der Waals surface area contributed by atoms with Crippen LogP contribution in [-0.4, -0.2) is 33.3 Å². The van der Waals surface area contributed by atoms with E-state index in [1.165, 1.54) is 12.8 Å². The molecular weight excluding hydrogens is 467 g/mol. The highest BCUT2D eigenvalue weighted by molar-refractivity contribution is 14.0. The molecule has 0 aliphatic heterocycles. The summed E-state index contributed by atoms with van der Waals surface area (Å²) in [5.74, 6) is 3.42. The molecule has 2 heterocycles. The number of aliphatic imine (C=N–C) groups is 1. The maximum atomic E-state index is 5.39. The van der Waals surface area contributed by atoms with Crippen LogP contribution in [0.15, 0.2) is 34.1 Å². The highest BCUT2D eigenvalue weighted by Gasteiger charge is 2.08. The van der Waals surface area contributed by atoms with E-state index in [-0.39, 0.29) is 24.0 Å². The molecule has 0 saturated heterocycles. The molecule has 7 nitrogen and oxygen atoms in total. The Morgan fingerprint density at radius 1 is 1.29 bits per heavy atom. The van der Waals surface area contributed by atoms with Gasteiger partial charge in [-0.25, -0.2) is 4.99 Å². The van der Waals surface area contributed by atoms with Gasteiger partial charge in [0.2, 0.25) is 0 Å². The zero-order valence-corrected chi connectivity index (χ0v) is 19.8. The molecule has 2 aromatic heterocycles. The second kappa shape index (κ2) is 13.6. The van der Waals surface area contributed by atoms with Gasteiger partial charge >= 0.3 is 0 Å². The molecule has 2 N–H and O–H groups in total. The van der Waals surface area contributed by atoms with Gasteiger partial charge in [0.05, 0.1) is 6.26 Å². The summed E-state index contributed by atoms with van der Waals surface area (Å²) >= 11 is 0. The molecule has 0 saturated carbocycles. The highest BCUT2D eigenvalue weighted by atomic mass is 127. The number of halogens is 1. The van der Waals surface area contributed by atoms with Gasteiger partial charge in [-0.2, -0.15) is 0 Å². The SMILES string of the molecule is CCc1nncn1CCNC(=NCc1ccco1)NC(C)CCCC(C)C.I. The van der Waals surface area contributed by atoms with Gasteiger partial charge in [0, 0.05) is 25.6 Å². The first-order chi connectivity index (χ1) is 13.1. The van der Waals surface area contributed by atoms with Crippen LogP contribution >= 0.6 is 24.0 Å². The first kappa shape index (κ1) is 24.5. The topological polar surface area (TPSA) is 80.3 Å². The molecule has 0 amide bonds. The second-order valence-corrected chi connectivity index (χ2v) is 7.34. The number of hydrogen-bond donors (Lipinski definition) is 2. The van der Waals surface area contributed by atoms with Gasteiger partial charge in [-0.1, -0.05) is 33.6 Å². The zero-order chi connectivity index (χ0) is 19.5. The van der Waals surface area contributed by atoms with Gasteiger partial charge in [-0.15, -0.1) is 34.2 Å². The highest BCUT2D eigenvalue weighted by Crippen LogP contribution is 2.08. The Kier molecular flexibility index (Phi) is 11.9. The van der Waals surface area contributed by atoms with Gasteiger partial charge in [0.15, 0.2) is 5.96 Å². The predicted octanol–water partition coefficient (Wildman–Crippen LogP) is 4.00. The normalized spacial score (nSPS) is 12.7. The lowest BCUT2D eigenvalue weighted by Crippen LogP contribution is -2.43. The number of rotatable bonds is 11. The number of aryl methyl sites for hydroxylation is 1. The average Bonchev–Trinajstić information content (AvgIpc) is 3.30. The van der Waals surface area contributed by atoms with Crippen molar-refractivity contribution >= 4 is 29.9 Å². The molecule has 0 bridgehead atoms. The largest absolute Gasteiger partial charge is 0.467 e. The van der Waals surface area contributed by atoms with E-state index in [0.717, 1.165) is 49.4 Å². The van der Waals surface area contributed by atoms with Crippen LogP contribution in [0.3, 0.4) is 0 Å². The van der Waals surface area contributed by atoms with Crippen LogP contribution < -0.4 is 10.6 Å². The minimum Gasteiger partial charge on any atom is -0.467 e. The van der Waals surface area contributed by atoms with Crippen LogP contribution in [0.1, 0.15) is 58.5 Å². The maximum absolute atomic E-state index is 5.39. The third-order valence-corrected chi connectivity index (χ3v) is 4.43. The van der Waals surface area contributed by atoms with Crippen LogP contribution in [-0.2, 0) is 19.5 Å². The summed E-state index contributed by atoms with van der Waals surface area (Å²) in [7, 11) is 0. The molecule has 0 spiro atoms. The van der Waals surface area contributed by atoms with Crippen molar-refractivity contribution < 1.29 is 4.42 Å². The van der Waals surface area contributed by atoms with Gasteiger partial charge in [-0.05, 0) is 31.4 Å². The smallest absolute Gasteiger partial charge is 0.191 e. The van der Waals surface area contributed by atoms with Crippen LogP contribution in [0.25, 0.3) is 0 Å². The van der Waals surface area contributed by atoms with E-state index in [1.54, 1.807) is 12.6 Å². The molecule has 1 unspecified atom stereocenters. The molecule has 28 heavy (non-hydrogen) atoms. The van der Waals surface area contributed by atoms with Crippen molar-refractivity contribution in [2.75, 3.05) is 6.54 Å². The predicted molar refractivity (Wildman–Crippen MR) is 124 cm³/mol. The Labute approximate surface area is 185 Å². The fourth-order valence-electron chi connectivity index (χ4n) is 2.88. The molecular formula is C20H35IN6O. The fourth-order valence-corrected chi connectivity index (χ4v) is 2.88. The number of furan rings is 1. The summed E-state index contributed by atoms with van der Waals surface area (Å²) in [6.45, 7) is 10.9. The van der Waals surface area contributed by atoms with Gasteiger partial charge in [0.25, 0.3) is 0 Å². The lowest BCUT2D eigenvalue weighted by atomic mass is 10.0. The molecule has 0 radical (unpaired) electrons. The number of hydrogen-bond acceptors (Lipinski definition) is 4. The summed E-state index contributed by atoms with van der Waals surface area (Å²) in [5.41, 5.74) is 0. The van der Waals surface area contributed by atoms with E-state index < -0.39 is 0 Å². The number of nitrogens with zero attached hydrogens (tertiary/aromatic N) is 4. The molecule has 2 aromatic rings. The molecule has 0 aliphatic carbocycles. The molecule has 2 rings (SSSR count). The maximum Gasteiger partial charge on any atom is 0.191 e. The Morgan fingerprint density at radius 3 is 2.79 bits per heavy atom. The van der Waals surface area contributed by atoms with E-state index in [9.17, 15) is 0 Å². The summed E-state index contributed by atoms with van der Waals surface area (Å²) in [4.78, 5) is 4.67. The Bertz CT molecular complexity index is 668. The van der Waals surface area contributed by atoms with Crippen molar-refractivity contribution in [2.45, 2.75) is 72.5 Å². The number of guanidine groups is 1. The standard InChI is InChI=1S/C20H34N6O.HI/c1-5-19-25-23-15-26(19)12-11-21-20(22-14-18-10-7-13-27-18)24-17(4)9-6-8-16(2)3;/h7,10,13,15-17H,5-6,8-9,11-12,14H2,1-4H3,(H2,21,22,24);1H. The van der Waals surface area contributed by atoms with E-state index >= 15 is 0 Å². The second-order valence-electron chi connectivity index (χ2n) is 7.34. The van der Waals surface area contributed by atoms with E-state index in [2.05, 4.69) is 58.1 Å². The molecule has 8 heteroatoms. The van der Waals surface area contributed by atoms with E-state index in [4.69, 9.17) is 4.42 Å². The first-order valence-electron chi connectivity index (χ1n) is 10.0. The van der Waals surface area contributed by atoms with Crippen molar-refractivity contribution in [3.63, 3.8) is 0 Å². The van der Waals surface area contributed by atoms with Gasteiger partial charge < -0.3 is 19.6 Å². The van der Waals surface area contributed by atoms with Gasteiger partial charge in [-0.3, -0.25) is 0 Å². The Morgan fingerprint density at radius 2 is 2.11 bits per heavy atom. The van der Waals surface area contributed by atoms with Crippen molar-refractivity contribution in [3.8, 4) is 0 Å². The first-order valence-corrected chi connectivity index (χ1v) is 10.0. The monoisotopic (exact) mass is 502 g/mol. The number of aromatic nitrogens is 3. The van der Waals surface area contributed by atoms with Crippen molar-refractivity contribution in [1.29, 1.82) is 0 Å². The molecule has 0 fully saturated rings. The van der Waals surface area contributed by atoms with Gasteiger partial charge in [0.1, 0.15) is 24.5 Å². The quantitative estimate of drug-likeness (QED) is 0.276. The lowest BCUT2D eigenvalue weighted by molar-refractivity contribution is 0.488.